The quantitative estimate of drug-likeness (QED) is 0.575. The first kappa shape index (κ1) is 18.9. The molecule has 0 heterocycles. The van der Waals surface area contributed by atoms with E-state index in [0.717, 1.165) is 25.7 Å². The molecule has 0 radical (unpaired) electrons. The van der Waals surface area contributed by atoms with E-state index in [9.17, 15) is 15.3 Å². The minimum atomic E-state index is -0.00605. The number of rotatable bonds is 3. The van der Waals surface area contributed by atoms with Gasteiger partial charge in [-0.2, -0.15) is 10.5 Å². The lowest BCUT2D eigenvalue weighted by molar-refractivity contribution is -0.120. The Bertz CT molecular complexity index is 871. The van der Waals surface area contributed by atoms with Crippen LogP contribution >= 0.6 is 0 Å². The lowest BCUT2D eigenvalue weighted by Gasteiger charge is -2.48. The molecule has 3 aliphatic carbocycles. The Morgan fingerprint density at radius 3 is 2.29 bits per heavy atom. The minimum absolute atomic E-state index is 0.00605. The third-order valence-electron chi connectivity index (χ3n) is 7.40. The van der Waals surface area contributed by atoms with Crippen LogP contribution in [0.15, 0.2) is 35.4 Å². The summed E-state index contributed by atoms with van der Waals surface area (Å²) in [6.07, 6.45) is 3.84. The van der Waals surface area contributed by atoms with Crippen molar-refractivity contribution in [2.45, 2.75) is 45.1 Å². The molecule has 0 bridgehead atoms. The van der Waals surface area contributed by atoms with Crippen molar-refractivity contribution >= 4 is 5.78 Å². The second-order valence-electron chi connectivity index (χ2n) is 8.66. The van der Waals surface area contributed by atoms with Crippen LogP contribution in [0.1, 0.15) is 49.7 Å². The van der Waals surface area contributed by atoms with Gasteiger partial charge in [-0.1, -0.05) is 31.2 Å². The SMILES string of the molecule is COCc1ccc(C2CCC3C(=O)C(=C(C#N)C#N)C4CCC(C)C2C34)cc1. The third-order valence-corrected chi connectivity index (χ3v) is 7.40. The Morgan fingerprint density at radius 1 is 1.00 bits per heavy atom. The number of ketones is 1. The van der Waals surface area contributed by atoms with Gasteiger partial charge in [-0.15, -0.1) is 0 Å². The Hall–Kier alpha value is -2.43. The van der Waals surface area contributed by atoms with E-state index in [2.05, 4.69) is 31.2 Å². The van der Waals surface area contributed by atoms with Gasteiger partial charge in [-0.25, -0.2) is 0 Å². The summed E-state index contributed by atoms with van der Waals surface area (Å²) >= 11 is 0. The maximum Gasteiger partial charge on any atom is 0.164 e. The molecule has 0 aromatic heterocycles. The van der Waals surface area contributed by atoms with Gasteiger partial charge in [-0.3, -0.25) is 4.79 Å². The van der Waals surface area contributed by atoms with Crippen molar-refractivity contribution in [2.75, 3.05) is 7.11 Å². The van der Waals surface area contributed by atoms with Crippen molar-refractivity contribution < 1.29 is 9.53 Å². The average Bonchev–Trinajstić information content (AvgIpc) is 3.00. The van der Waals surface area contributed by atoms with Gasteiger partial charge in [0.1, 0.15) is 17.7 Å². The van der Waals surface area contributed by atoms with Gasteiger partial charge in [0.15, 0.2) is 5.78 Å². The smallest absolute Gasteiger partial charge is 0.164 e. The van der Waals surface area contributed by atoms with E-state index in [1.807, 2.05) is 12.1 Å². The van der Waals surface area contributed by atoms with Crippen molar-refractivity contribution in [3.63, 3.8) is 0 Å². The Morgan fingerprint density at radius 2 is 1.64 bits per heavy atom. The van der Waals surface area contributed by atoms with E-state index in [4.69, 9.17) is 4.74 Å². The average molecular weight is 374 g/mol. The van der Waals surface area contributed by atoms with E-state index < -0.39 is 0 Å². The zero-order valence-corrected chi connectivity index (χ0v) is 16.5. The number of carbonyl (C=O) groups is 1. The standard InChI is InChI=1S/C24H26N2O2/c1-14-3-8-19-22(17(11-25)12-26)24(27)20-10-9-18(21(14)23(19)20)16-6-4-15(5-7-16)13-28-2/h4-7,14,18-21,23H,3,8-10,13H2,1-2H3. The molecule has 6 atom stereocenters. The van der Waals surface area contributed by atoms with Crippen LogP contribution < -0.4 is 0 Å². The number of Topliss-reactive ketones (excluding diaryl/α,β-unsaturated/α-hetero) is 1. The number of carbonyl (C=O) groups excluding carboxylic acids is 1. The molecule has 3 aliphatic rings. The Balaban J connectivity index is 1.71. The fourth-order valence-corrected chi connectivity index (χ4v) is 6.33. The van der Waals surface area contributed by atoms with Crippen LogP contribution in [-0.2, 0) is 16.1 Å². The van der Waals surface area contributed by atoms with E-state index in [1.165, 1.54) is 11.1 Å². The summed E-state index contributed by atoms with van der Waals surface area (Å²) in [5.41, 5.74) is 3.12. The van der Waals surface area contributed by atoms with Crippen molar-refractivity contribution in [2.24, 2.45) is 29.6 Å². The number of hydrogen-bond donors (Lipinski definition) is 0. The third kappa shape index (κ3) is 2.88. The summed E-state index contributed by atoms with van der Waals surface area (Å²) in [7, 11) is 1.71. The topological polar surface area (TPSA) is 73.9 Å². The first-order valence-electron chi connectivity index (χ1n) is 10.3. The maximum absolute atomic E-state index is 13.1. The summed E-state index contributed by atoms with van der Waals surface area (Å²) in [5, 5.41) is 18.8. The van der Waals surface area contributed by atoms with Gasteiger partial charge in [0.25, 0.3) is 0 Å². The van der Waals surface area contributed by atoms with Crippen LogP contribution in [0, 0.1) is 52.3 Å². The Labute approximate surface area is 166 Å². The van der Waals surface area contributed by atoms with Crippen LogP contribution in [0.3, 0.4) is 0 Å². The molecule has 28 heavy (non-hydrogen) atoms. The number of methoxy groups -OCH3 is 1. The van der Waals surface area contributed by atoms with E-state index >= 15 is 0 Å². The van der Waals surface area contributed by atoms with Crippen molar-refractivity contribution in [3.8, 4) is 12.1 Å². The minimum Gasteiger partial charge on any atom is -0.380 e. The molecule has 144 valence electrons. The summed E-state index contributed by atoms with van der Waals surface area (Å²) in [6, 6.07) is 12.7. The fraction of sp³-hybridized carbons (Fsp3) is 0.542. The van der Waals surface area contributed by atoms with Crippen LogP contribution in [0.5, 0.6) is 0 Å². The predicted octanol–water partition coefficient (Wildman–Crippen LogP) is 4.53. The second-order valence-corrected chi connectivity index (χ2v) is 8.66. The fourth-order valence-electron chi connectivity index (χ4n) is 6.33. The van der Waals surface area contributed by atoms with Crippen LogP contribution in [0.25, 0.3) is 0 Å². The highest BCUT2D eigenvalue weighted by atomic mass is 16.5. The largest absolute Gasteiger partial charge is 0.380 e. The molecular formula is C24H26N2O2. The maximum atomic E-state index is 13.1. The van der Waals surface area contributed by atoms with E-state index in [-0.39, 0.29) is 29.1 Å². The first-order valence-corrected chi connectivity index (χ1v) is 10.3. The van der Waals surface area contributed by atoms with Crippen LogP contribution in [-0.4, -0.2) is 12.9 Å². The number of nitriles is 2. The Kier molecular flexibility index (Phi) is 5.09. The summed E-state index contributed by atoms with van der Waals surface area (Å²) < 4.78 is 5.22. The lowest BCUT2D eigenvalue weighted by atomic mass is 9.55. The molecule has 1 aromatic rings. The molecule has 0 amide bonds. The van der Waals surface area contributed by atoms with E-state index in [0.29, 0.717) is 29.9 Å². The molecule has 0 saturated heterocycles. The number of nitrogens with zero attached hydrogens (tertiary/aromatic N) is 2. The molecule has 0 aliphatic heterocycles. The molecule has 0 spiro atoms. The first-order chi connectivity index (χ1) is 13.6. The lowest BCUT2D eigenvalue weighted by Crippen LogP contribution is -2.41. The molecule has 4 nitrogen and oxygen atoms in total. The highest BCUT2D eigenvalue weighted by Gasteiger charge is 2.57. The zero-order chi connectivity index (χ0) is 19.8. The molecule has 3 fully saturated rings. The molecule has 1 aromatic carbocycles. The second kappa shape index (κ2) is 7.53. The van der Waals surface area contributed by atoms with Crippen molar-refractivity contribution in [3.05, 3.63) is 46.5 Å². The van der Waals surface area contributed by atoms with Gasteiger partial charge in [0.2, 0.25) is 0 Å². The summed E-state index contributed by atoms with van der Waals surface area (Å²) in [4.78, 5) is 13.1. The molecule has 4 heteroatoms. The van der Waals surface area contributed by atoms with E-state index in [1.54, 1.807) is 7.11 Å². The van der Waals surface area contributed by atoms with Crippen molar-refractivity contribution in [1.29, 1.82) is 10.5 Å². The van der Waals surface area contributed by atoms with Gasteiger partial charge in [0, 0.05) is 18.6 Å². The number of benzene rings is 1. The monoisotopic (exact) mass is 374 g/mol. The molecular weight excluding hydrogens is 348 g/mol. The van der Waals surface area contributed by atoms with Gasteiger partial charge in [-0.05, 0) is 66.4 Å². The number of hydrogen-bond acceptors (Lipinski definition) is 4. The zero-order valence-electron chi connectivity index (χ0n) is 16.5. The number of ether oxygens (including phenoxy) is 1. The van der Waals surface area contributed by atoms with Gasteiger partial charge in [0.05, 0.1) is 6.61 Å². The normalized spacial score (nSPS) is 33.7. The summed E-state index contributed by atoms with van der Waals surface area (Å²) in [6.45, 7) is 2.93. The van der Waals surface area contributed by atoms with Crippen molar-refractivity contribution in [1.82, 2.24) is 0 Å². The molecule has 3 saturated carbocycles. The number of allylic oxidation sites excluding steroid dienone is 2. The molecule has 4 rings (SSSR count). The highest BCUT2D eigenvalue weighted by Crippen LogP contribution is 2.60. The van der Waals surface area contributed by atoms with Gasteiger partial charge < -0.3 is 4.74 Å². The van der Waals surface area contributed by atoms with Crippen LogP contribution in [0.2, 0.25) is 0 Å². The van der Waals surface area contributed by atoms with Gasteiger partial charge >= 0.3 is 0 Å². The highest BCUT2D eigenvalue weighted by molar-refractivity contribution is 6.02. The summed E-state index contributed by atoms with van der Waals surface area (Å²) in [5.74, 6) is 1.87. The predicted molar refractivity (Wildman–Crippen MR) is 105 cm³/mol. The molecule has 0 N–H and O–H groups in total. The van der Waals surface area contributed by atoms with Crippen LogP contribution in [0.4, 0.5) is 0 Å². The molecule has 6 unspecified atom stereocenters.